The summed E-state index contributed by atoms with van der Waals surface area (Å²) in [5.41, 5.74) is 1.54. The van der Waals surface area contributed by atoms with Gasteiger partial charge < -0.3 is 9.47 Å². The topological polar surface area (TPSA) is 35.5 Å². The van der Waals surface area contributed by atoms with Crippen molar-refractivity contribution >= 4 is 21.7 Å². The zero-order chi connectivity index (χ0) is 14.1. The maximum absolute atomic E-state index is 12.2. The molecule has 0 aliphatic carbocycles. The Hall–Kier alpha value is -1.81. The van der Waals surface area contributed by atoms with Gasteiger partial charge in [-0.15, -0.1) is 0 Å². The van der Waals surface area contributed by atoms with Crippen LogP contribution < -0.4 is 9.47 Å². The quantitative estimate of drug-likeness (QED) is 0.828. The second kappa shape index (κ2) is 5.29. The molecule has 1 aliphatic rings. The Morgan fingerprint density at radius 2 is 2.05 bits per heavy atom. The highest BCUT2D eigenvalue weighted by atomic mass is 79.9. The number of carbonyl (C=O) groups excluding carboxylic acids is 1. The maximum atomic E-state index is 12.2. The highest BCUT2D eigenvalue weighted by Gasteiger charge is 2.29. The smallest absolute Gasteiger partial charge is 0.170 e. The number of Topliss-reactive ketones (excluding diaryl/α,β-unsaturated/α-hetero) is 1. The van der Waals surface area contributed by atoms with Crippen LogP contribution in [0.2, 0.25) is 0 Å². The highest BCUT2D eigenvalue weighted by Crippen LogP contribution is 2.39. The normalized spacial score (nSPS) is 17.3. The van der Waals surface area contributed by atoms with E-state index in [1.807, 2.05) is 36.4 Å². The molecule has 0 radical (unpaired) electrons. The summed E-state index contributed by atoms with van der Waals surface area (Å²) < 4.78 is 12.2. The Morgan fingerprint density at radius 3 is 2.85 bits per heavy atom. The molecule has 102 valence electrons. The van der Waals surface area contributed by atoms with E-state index in [0.29, 0.717) is 17.7 Å². The Labute approximate surface area is 125 Å². The van der Waals surface area contributed by atoms with Gasteiger partial charge in [-0.1, -0.05) is 34.1 Å². The number of hydrogen-bond donors (Lipinski definition) is 0. The maximum Gasteiger partial charge on any atom is 0.170 e. The van der Waals surface area contributed by atoms with Crippen LogP contribution >= 0.6 is 15.9 Å². The molecule has 0 saturated heterocycles. The molecular weight excluding hydrogens is 320 g/mol. The lowest BCUT2D eigenvalue weighted by Gasteiger charge is -2.26. The fraction of sp³-hybridized carbons (Fsp3) is 0.188. The van der Waals surface area contributed by atoms with Crippen molar-refractivity contribution in [1.82, 2.24) is 0 Å². The Kier molecular flexibility index (Phi) is 3.49. The number of methoxy groups -OCH3 is 1. The summed E-state index contributed by atoms with van der Waals surface area (Å²) in [5, 5.41) is 0. The van der Waals surface area contributed by atoms with Gasteiger partial charge in [0.15, 0.2) is 5.78 Å². The average Bonchev–Trinajstić information content (AvgIpc) is 2.46. The van der Waals surface area contributed by atoms with Crippen LogP contribution in [-0.2, 0) is 0 Å². The van der Waals surface area contributed by atoms with Crippen molar-refractivity contribution in [2.75, 3.05) is 7.11 Å². The number of rotatable bonds is 2. The molecule has 0 N–H and O–H groups in total. The Balaban J connectivity index is 2.00. The van der Waals surface area contributed by atoms with E-state index >= 15 is 0 Å². The predicted molar refractivity (Wildman–Crippen MR) is 79.5 cm³/mol. The van der Waals surface area contributed by atoms with Gasteiger partial charge in [0, 0.05) is 10.0 Å². The molecule has 2 aromatic carbocycles. The van der Waals surface area contributed by atoms with E-state index in [4.69, 9.17) is 9.47 Å². The first-order valence-electron chi connectivity index (χ1n) is 6.31. The Bertz CT molecular complexity index is 667. The molecule has 3 nitrogen and oxygen atoms in total. The van der Waals surface area contributed by atoms with E-state index in [-0.39, 0.29) is 11.9 Å². The fourth-order valence-corrected chi connectivity index (χ4v) is 2.74. The fourth-order valence-electron chi connectivity index (χ4n) is 2.40. The number of carbonyl (C=O) groups is 1. The van der Waals surface area contributed by atoms with E-state index < -0.39 is 0 Å². The van der Waals surface area contributed by atoms with Gasteiger partial charge in [-0.05, 0) is 24.3 Å². The molecule has 0 fully saturated rings. The predicted octanol–water partition coefficient (Wildman–Crippen LogP) is 4.16. The van der Waals surface area contributed by atoms with Gasteiger partial charge in [-0.3, -0.25) is 4.79 Å². The molecule has 1 aliphatic heterocycles. The van der Waals surface area contributed by atoms with Crippen molar-refractivity contribution in [3.8, 4) is 11.5 Å². The first kappa shape index (κ1) is 13.2. The van der Waals surface area contributed by atoms with Crippen molar-refractivity contribution in [2.45, 2.75) is 12.5 Å². The van der Waals surface area contributed by atoms with Crippen LogP contribution in [0.15, 0.2) is 46.9 Å². The number of halogens is 1. The lowest BCUT2D eigenvalue weighted by atomic mass is 9.96. The molecule has 3 rings (SSSR count). The molecule has 20 heavy (non-hydrogen) atoms. The van der Waals surface area contributed by atoms with Crippen LogP contribution in [0.4, 0.5) is 0 Å². The van der Waals surface area contributed by atoms with Gasteiger partial charge in [0.1, 0.15) is 17.6 Å². The standard InChI is InChI=1S/C16H13BrO3/c1-19-14-5-3-2-4-12(14)16-9-13(18)11-7-6-10(17)8-15(11)20-16/h2-8,16H,9H2,1H3. The third-order valence-corrected chi connectivity index (χ3v) is 3.86. The number of benzene rings is 2. The summed E-state index contributed by atoms with van der Waals surface area (Å²) in [7, 11) is 1.62. The molecule has 2 aromatic rings. The van der Waals surface area contributed by atoms with Crippen LogP contribution in [0.3, 0.4) is 0 Å². The number of hydrogen-bond acceptors (Lipinski definition) is 3. The van der Waals surface area contributed by atoms with Crippen LogP contribution in [0.25, 0.3) is 0 Å². The highest BCUT2D eigenvalue weighted by molar-refractivity contribution is 9.10. The summed E-state index contributed by atoms with van der Waals surface area (Å²) in [6, 6.07) is 13.1. The molecule has 1 heterocycles. The first-order chi connectivity index (χ1) is 9.69. The van der Waals surface area contributed by atoms with E-state index in [1.165, 1.54) is 0 Å². The van der Waals surface area contributed by atoms with E-state index in [1.54, 1.807) is 13.2 Å². The second-order valence-corrected chi connectivity index (χ2v) is 5.53. The second-order valence-electron chi connectivity index (χ2n) is 4.62. The van der Waals surface area contributed by atoms with E-state index in [9.17, 15) is 4.79 Å². The molecular formula is C16H13BrO3. The van der Waals surface area contributed by atoms with Gasteiger partial charge in [0.2, 0.25) is 0 Å². The lowest BCUT2D eigenvalue weighted by Crippen LogP contribution is -2.20. The summed E-state index contributed by atoms with van der Waals surface area (Å²) >= 11 is 3.40. The minimum absolute atomic E-state index is 0.0923. The molecule has 0 aromatic heterocycles. The van der Waals surface area contributed by atoms with Crippen molar-refractivity contribution in [3.63, 3.8) is 0 Å². The van der Waals surface area contributed by atoms with Crippen molar-refractivity contribution in [1.29, 1.82) is 0 Å². The molecule has 0 bridgehead atoms. The van der Waals surface area contributed by atoms with Crippen molar-refractivity contribution < 1.29 is 14.3 Å². The van der Waals surface area contributed by atoms with Crippen LogP contribution in [-0.4, -0.2) is 12.9 Å². The molecule has 0 saturated carbocycles. The summed E-state index contributed by atoms with van der Waals surface area (Å²) in [5.74, 6) is 1.45. The van der Waals surface area contributed by atoms with Gasteiger partial charge >= 0.3 is 0 Å². The lowest BCUT2D eigenvalue weighted by molar-refractivity contribution is 0.0847. The number of ketones is 1. The van der Waals surface area contributed by atoms with E-state index in [2.05, 4.69) is 15.9 Å². The first-order valence-corrected chi connectivity index (χ1v) is 7.10. The molecule has 1 unspecified atom stereocenters. The van der Waals surface area contributed by atoms with Crippen molar-refractivity contribution in [3.05, 3.63) is 58.1 Å². The van der Waals surface area contributed by atoms with Gasteiger partial charge in [0.25, 0.3) is 0 Å². The number of ether oxygens (including phenoxy) is 2. The average molecular weight is 333 g/mol. The minimum Gasteiger partial charge on any atom is -0.496 e. The summed E-state index contributed by atoms with van der Waals surface area (Å²) in [4.78, 5) is 12.2. The SMILES string of the molecule is COc1ccccc1C1CC(=O)c2ccc(Br)cc2O1. The molecule has 0 spiro atoms. The zero-order valence-corrected chi connectivity index (χ0v) is 12.5. The number of fused-ring (bicyclic) bond motifs is 1. The largest absolute Gasteiger partial charge is 0.496 e. The van der Waals surface area contributed by atoms with E-state index in [0.717, 1.165) is 15.8 Å². The van der Waals surface area contributed by atoms with Gasteiger partial charge in [0.05, 0.1) is 19.1 Å². The summed E-state index contributed by atoms with van der Waals surface area (Å²) in [6.45, 7) is 0. The van der Waals surface area contributed by atoms with Crippen molar-refractivity contribution in [2.24, 2.45) is 0 Å². The third-order valence-electron chi connectivity index (χ3n) is 3.37. The minimum atomic E-state index is -0.305. The third kappa shape index (κ3) is 2.31. The van der Waals surface area contributed by atoms with Gasteiger partial charge in [-0.2, -0.15) is 0 Å². The molecule has 0 amide bonds. The molecule has 4 heteroatoms. The zero-order valence-electron chi connectivity index (χ0n) is 10.9. The summed E-state index contributed by atoms with van der Waals surface area (Å²) in [6.07, 6.45) is 0.0232. The van der Waals surface area contributed by atoms with Crippen LogP contribution in [0.1, 0.15) is 28.4 Å². The van der Waals surface area contributed by atoms with Gasteiger partial charge in [-0.25, -0.2) is 0 Å². The monoisotopic (exact) mass is 332 g/mol. The number of para-hydroxylation sites is 1. The Morgan fingerprint density at radius 1 is 1.25 bits per heavy atom. The van der Waals surface area contributed by atoms with Crippen LogP contribution in [0, 0.1) is 0 Å². The van der Waals surface area contributed by atoms with Crippen LogP contribution in [0.5, 0.6) is 11.5 Å². The molecule has 1 atom stereocenters.